The Balaban J connectivity index is 2.20. The molecule has 0 saturated carbocycles. The fraction of sp³-hybridized carbons (Fsp3) is 0.333. The topological polar surface area (TPSA) is 75.2 Å². The number of carbonyl (C=O) groups excluding carboxylic acids is 2. The number of likely N-dealkylation sites (tertiary alicyclic amines) is 1. The van der Waals surface area contributed by atoms with E-state index in [-0.39, 0.29) is 23.4 Å². The zero-order valence-corrected chi connectivity index (χ0v) is 11.1. The summed E-state index contributed by atoms with van der Waals surface area (Å²) < 4.78 is 0.469. The molecule has 0 aromatic carbocycles. The summed E-state index contributed by atoms with van der Waals surface area (Å²) in [7, 11) is 1.45. The summed E-state index contributed by atoms with van der Waals surface area (Å²) in [6.07, 6.45) is 1.39. The summed E-state index contributed by atoms with van der Waals surface area (Å²) in [6.45, 7) is 0. The summed E-state index contributed by atoms with van der Waals surface area (Å²) in [6, 6.07) is -0.602. The maximum atomic E-state index is 11.7. The molecule has 1 aromatic rings. The van der Waals surface area contributed by atoms with Gasteiger partial charge in [0.25, 0.3) is 5.91 Å². The Morgan fingerprint density at radius 1 is 1.53 bits per heavy atom. The van der Waals surface area contributed by atoms with Gasteiger partial charge >= 0.3 is 0 Å². The molecule has 1 atom stereocenters. The third-order valence-electron chi connectivity index (χ3n) is 2.44. The zero-order chi connectivity index (χ0) is 12.6. The SMILES string of the molecule is CN1C(=O)CC(Nc2ncnc(Cl)c2Br)C1=O. The van der Waals surface area contributed by atoms with Crippen LogP contribution in [0.15, 0.2) is 10.8 Å². The van der Waals surface area contributed by atoms with E-state index in [9.17, 15) is 9.59 Å². The van der Waals surface area contributed by atoms with Crippen LogP contribution in [0.4, 0.5) is 5.82 Å². The lowest BCUT2D eigenvalue weighted by molar-refractivity contribution is -0.136. The van der Waals surface area contributed by atoms with Gasteiger partial charge in [0, 0.05) is 7.05 Å². The van der Waals surface area contributed by atoms with Gasteiger partial charge < -0.3 is 5.32 Å². The average Bonchev–Trinajstić information content (AvgIpc) is 2.53. The minimum Gasteiger partial charge on any atom is -0.357 e. The Bertz CT molecular complexity index is 496. The smallest absolute Gasteiger partial charge is 0.251 e. The van der Waals surface area contributed by atoms with E-state index in [0.29, 0.717) is 10.3 Å². The first-order valence-electron chi connectivity index (χ1n) is 4.73. The number of amides is 2. The number of rotatable bonds is 2. The molecule has 0 bridgehead atoms. The fourth-order valence-corrected chi connectivity index (χ4v) is 1.93. The summed E-state index contributed by atoms with van der Waals surface area (Å²) in [5, 5.41) is 3.11. The summed E-state index contributed by atoms with van der Waals surface area (Å²) in [4.78, 5) is 31.8. The highest BCUT2D eigenvalue weighted by atomic mass is 79.9. The number of halogens is 2. The molecule has 1 aliphatic rings. The van der Waals surface area contributed by atoms with E-state index < -0.39 is 6.04 Å². The predicted molar refractivity (Wildman–Crippen MR) is 64.5 cm³/mol. The molecule has 90 valence electrons. The second-order valence-electron chi connectivity index (χ2n) is 3.52. The van der Waals surface area contributed by atoms with E-state index in [0.717, 1.165) is 4.90 Å². The normalized spacial score (nSPS) is 19.9. The van der Waals surface area contributed by atoms with Crippen molar-refractivity contribution in [2.45, 2.75) is 12.5 Å². The largest absolute Gasteiger partial charge is 0.357 e. The molecule has 0 spiro atoms. The van der Waals surface area contributed by atoms with Crippen molar-refractivity contribution in [2.24, 2.45) is 0 Å². The van der Waals surface area contributed by atoms with E-state index in [2.05, 4.69) is 31.2 Å². The number of carbonyl (C=O) groups is 2. The summed E-state index contributed by atoms with van der Waals surface area (Å²) in [5.74, 6) is -0.105. The molecule has 0 radical (unpaired) electrons. The van der Waals surface area contributed by atoms with E-state index in [4.69, 9.17) is 11.6 Å². The first kappa shape index (κ1) is 12.3. The molecular weight excluding hydrogens is 311 g/mol. The molecule has 6 nitrogen and oxygen atoms in total. The van der Waals surface area contributed by atoms with Crippen LogP contribution in [0.3, 0.4) is 0 Å². The van der Waals surface area contributed by atoms with Crippen molar-refractivity contribution in [1.82, 2.24) is 14.9 Å². The molecular formula is C9H8BrClN4O2. The molecule has 2 rings (SSSR count). The zero-order valence-electron chi connectivity index (χ0n) is 8.78. The van der Waals surface area contributed by atoms with Crippen LogP contribution >= 0.6 is 27.5 Å². The lowest BCUT2D eigenvalue weighted by Crippen LogP contribution is -2.32. The number of hydrogen-bond acceptors (Lipinski definition) is 5. The quantitative estimate of drug-likeness (QED) is 0.652. The van der Waals surface area contributed by atoms with Gasteiger partial charge in [-0.3, -0.25) is 14.5 Å². The molecule has 8 heteroatoms. The minimum absolute atomic E-state index is 0.114. The Kier molecular flexibility index (Phi) is 3.30. The number of aromatic nitrogens is 2. The van der Waals surface area contributed by atoms with Crippen LogP contribution in [0.2, 0.25) is 5.15 Å². The van der Waals surface area contributed by atoms with Gasteiger partial charge in [-0.1, -0.05) is 11.6 Å². The van der Waals surface area contributed by atoms with Gasteiger partial charge in [0.15, 0.2) is 0 Å². The number of imide groups is 1. The lowest BCUT2D eigenvalue weighted by atomic mass is 10.2. The molecule has 1 aromatic heterocycles. The molecule has 17 heavy (non-hydrogen) atoms. The van der Waals surface area contributed by atoms with Gasteiger partial charge in [0.05, 0.1) is 10.9 Å². The van der Waals surface area contributed by atoms with Crippen molar-refractivity contribution in [1.29, 1.82) is 0 Å². The Labute approximate surface area is 110 Å². The highest BCUT2D eigenvalue weighted by molar-refractivity contribution is 9.10. The van der Waals surface area contributed by atoms with Gasteiger partial charge in [-0.15, -0.1) is 0 Å². The molecule has 1 aliphatic heterocycles. The summed E-state index contributed by atoms with van der Waals surface area (Å²) >= 11 is 9.00. The third-order valence-corrected chi connectivity index (χ3v) is 3.71. The van der Waals surface area contributed by atoms with Crippen LogP contribution < -0.4 is 5.32 Å². The first-order chi connectivity index (χ1) is 8.00. The second-order valence-corrected chi connectivity index (χ2v) is 4.67. The molecule has 1 saturated heterocycles. The van der Waals surface area contributed by atoms with Crippen LogP contribution in [0.1, 0.15) is 6.42 Å². The van der Waals surface area contributed by atoms with Crippen molar-refractivity contribution in [3.63, 3.8) is 0 Å². The van der Waals surface area contributed by atoms with Crippen molar-refractivity contribution in [3.8, 4) is 0 Å². The van der Waals surface area contributed by atoms with E-state index in [1.165, 1.54) is 13.4 Å². The highest BCUT2D eigenvalue weighted by Gasteiger charge is 2.36. The molecule has 0 aliphatic carbocycles. The fourth-order valence-electron chi connectivity index (χ4n) is 1.48. The van der Waals surface area contributed by atoms with Gasteiger partial charge in [-0.25, -0.2) is 9.97 Å². The number of hydrogen-bond donors (Lipinski definition) is 1. The molecule has 2 heterocycles. The van der Waals surface area contributed by atoms with Gasteiger partial charge in [0.1, 0.15) is 23.3 Å². The molecule has 1 N–H and O–H groups in total. The maximum absolute atomic E-state index is 11.7. The standard InChI is InChI=1S/C9H8BrClN4O2/c1-15-5(16)2-4(9(15)17)14-8-6(10)7(11)12-3-13-8/h3-4H,2H2,1H3,(H,12,13,14). The Morgan fingerprint density at radius 2 is 2.24 bits per heavy atom. The number of likely N-dealkylation sites (N-methyl/N-ethyl adjacent to an activating group) is 1. The summed E-state index contributed by atoms with van der Waals surface area (Å²) in [5.41, 5.74) is 0. The number of nitrogens with zero attached hydrogens (tertiary/aromatic N) is 3. The molecule has 1 unspecified atom stereocenters. The average molecular weight is 320 g/mol. The lowest BCUT2D eigenvalue weighted by Gasteiger charge is -2.12. The Hall–Kier alpha value is -1.21. The maximum Gasteiger partial charge on any atom is 0.251 e. The second kappa shape index (κ2) is 4.58. The van der Waals surface area contributed by atoms with E-state index in [1.807, 2.05) is 0 Å². The predicted octanol–water partition coefficient (Wildman–Crippen LogP) is 1.06. The van der Waals surface area contributed by atoms with Crippen LogP contribution in [-0.4, -0.2) is 39.8 Å². The third kappa shape index (κ3) is 2.25. The van der Waals surface area contributed by atoms with Gasteiger partial charge in [-0.05, 0) is 15.9 Å². The van der Waals surface area contributed by atoms with Crippen molar-refractivity contribution < 1.29 is 9.59 Å². The van der Waals surface area contributed by atoms with Crippen LogP contribution in [0, 0.1) is 0 Å². The van der Waals surface area contributed by atoms with Crippen molar-refractivity contribution in [3.05, 3.63) is 16.0 Å². The highest BCUT2D eigenvalue weighted by Crippen LogP contribution is 2.27. The van der Waals surface area contributed by atoms with E-state index >= 15 is 0 Å². The van der Waals surface area contributed by atoms with E-state index in [1.54, 1.807) is 0 Å². The molecule has 1 fully saturated rings. The Morgan fingerprint density at radius 3 is 2.82 bits per heavy atom. The van der Waals surface area contributed by atoms with Crippen molar-refractivity contribution in [2.75, 3.05) is 12.4 Å². The van der Waals surface area contributed by atoms with Crippen molar-refractivity contribution >= 4 is 45.2 Å². The monoisotopic (exact) mass is 318 g/mol. The number of anilines is 1. The van der Waals surface area contributed by atoms with Crippen LogP contribution in [0.5, 0.6) is 0 Å². The minimum atomic E-state index is -0.602. The van der Waals surface area contributed by atoms with Gasteiger partial charge in [-0.2, -0.15) is 0 Å². The van der Waals surface area contributed by atoms with Gasteiger partial charge in [0.2, 0.25) is 5.91 Å². The number of nitrogens with one attached hydrogen (secondary N) is 1. The molecule has 2 amide bonds. The first-order valence-corrected chi connectivity index (χ1v) is 5.90. The van der Waals surface area contributed by atoms with Crippen LogP contribution in [-0.2, 0) is 9.59 Å². The van der Waals surface area contributed by atoms with Crippen LogP contribution in [0.25, 0.3) is 0 Å².